The van der Waals surface area contributed by atoms with Crippen molar-refractivity contribution in [1.82, 2.24) is 5.32 Å². The van der Waals surface area contributed by atoms with Crippen molar-refractivity contribution in [3.8, 4) is 0 Å². The van der Waals surface area contributed by atoms with Crippen molar-refractivity contribution in [3.05, 3.63) is 65.2 Å². The van der Waals surface area contributed by atoms with Crippen LogP contribution in [0.3, 0.4) is 0 Å². The molecule has 2 aromatic carbocycles. The number of hydrogen-bond donors (Lipinski definition) is 2. The van der Waals surface area contributed by atoms with Crippen molar-refractivity contribution in [1.29, 1.82) is 0 Å². The molecule has 0 saturated heterocycles. The smallest absolute Gasteiger partial charge is 0.325 e. The minimum Gasteiger partial charge on any atom is -0.454 e. The number of hydrogen-bond acceptors (Lipinski definition) is 4. The molecule has 124 valence electrons. The monoisotopic (exact) mass is 346 g/mol. The van der Waals surface area contributed by atoms with Crippen LogP contribution in [0, 0.1) is 0 Å². The molecule has 0 aliphatic heterocycles. The largest absolute Gasteiger partial charge is 0.454 e. The number of carbonyl (C=O) groups excluding carboxylic acids is 3. The molecular formula is C17H15ClN2O4. The molecule has 0 saturated carbocycles. The van der Waals surface area contributed by atoms with Crippen LogP contribution in [0.5, 0.6) is 0 Å². The number of amides is 2. The van der Waals surface area contributed by atoms with Crippen LogP contribution in [0.15, 0.2) is 54.6 Å². The van der Waals surface area contributed by atoms with Crippen LogP contribution in [0.1, 0.15) is 10.4 Å². The number of carbonyl (C=O) groups is 3. The van der Waals surface area contributed by atoms with E-state index >= 15 is 0 Å². The van der Waals surface area contributed by atoms with Crippen molar-refractivity contribution in [2.45, 2.75) is 0 Å². The summed E-state index contributed by atoms with van der Waals surface area (Å²) in [5.41, 5.74) is 0.976. The van der Waals surface area contributed by atoms with Crippen LogP contribution in [0.4, 0.5) is 5.69 Å². The van der Waals surface area contributed by atoms with Crippen molar-refractivity contribution in [2.24, 2.45) is 0 Å². The fourth-order valence-electron chi connectivity index (χ4n) is 1.77. The van der Waals surface area contributed by atoms with E-state index in [0.29, 0.717) is 16.3 Å². The molecule has 0 aromatic heterocycles. The van der Waals surface area contributed by atoms with Crippen molar-refractivity contribution in [2.75, 3.05) is 18.5 Å². The molecule has 24 heavy (non-hydrogen) atoms. The van der Waals surface area contributed by atoms with Gasteiger partial charge in [0.25, 0.3) is 11.8 Å². The highest BCUT2D eigenvalue weighted by molar-refractivity contribution is 6.30. The fourth-order valence-corrected chi connectivity index (χ4v) is 1.90. The van der Waals surface area contributed by atoms with E-state index in [-0.39, 0.29) is 6.54 Å². The van der Waals surface area contributed by atoms with E-state index in [1.165, 1.54) is 0 Å². The second-order valence-corrected chi connectivity index (χ2v) is 5.20. The van der Waals surface area contributed by atoms with Gasteiger partial charge in [-0.15, -0.1) is 0 Å². The van der Waals surface area contributed by atoms with Gasteiger partial charge >= 0.3 is 5.97 Å². The summed E-state index contributed by atoms with van der Waals surface area (Å²) in [4.78, 5) is 34.9. The van der Waals surface area contributed by atoms with Gasteiger partial charge in [-0.3, -0.25) is 14.4 Å². The van der Waals surface area contributed by atoms with Gasteiger partial charge < -0.3 is 15.4 Å². The summed E-state index contributed by atoms with van der Waals surface area (Å²) >= 11 is 5.74. The van der Waals surface area contributed by atoms with Crippen LogP contribution >= 0.6 is 11.6 Å². The third-order valence-electron chi connectivity index (χ3n) is 2.92. The predicted octanol–water partition coefficient (Wildman–Crippen LogP) is 2.25. The molecule has 7 heteroatoms. The molecule has 6 nitrogen and oxygen atoms in total. The molecule has 2 N–H and O–H groups in total. The Labute approximate surface area is 143 Å². The lowest BCUT2D eigenvalue weighted by molar-refractivity contribution is -0.146. The average Bonchev–Trinajstić information content (AvgIpc) is 2.60. The summed E-state index contributed by atoms with van der Waals surface area (Å²) in [5, 5.41) is 5.52. The molecule has 2 aromatic rings. The summed E-state index contributed by atoms with van der Waals surface area (Å²) in [7, 11) is 0. The Morgan fingerprint density at radius 1 is 0.958 bits per heavy atom. The van der Waals surface area contributed by atoms with Gasteiger partial charge in [0.05, 0.1) is 0 Å². The number of ether oxygens (including phenoxy) is 1. The second-order valence-electron chi connectivity index (χ2n) is 4.76. The van der Waals surface area contributed by atoms with Gasteiger partial charge in [0.1, 0.15) is 6.54 Å². The van der Waals surface area contributed by atoms with Crippen LogP contribution in [-0.2, 0) is 14.3 Å². The zero-order valence-corrected chi connectivity index (χ0v) is 13.4. The Morgan fingerprint density at radius 2 is 1.62 bits per heavy atom. The Balaban J connectivity index is 1.70. The van der Waals surface area contributed by atoms with Gasteiger partial charge in [0.2, 0.25) is 0 Å². The average molecular weight is 347 g/mol. The van der Waals surface area contributed by atoms with Crippen molar-refractivity contribution in [3.63, 3.8) is 0 Å². The molecule has 2 rings (SSSR count). The number of halogens is 1. The maximum atomic E-state index is 11.7. The molecule has 0 atom stereocenters. The SMILES string of the molecule is O=C(COC(=O)CNC(=O)c1ccccc1)Nc1ccc(Cl)cc1. The van der Waals surface area contributed by atoms with Gasteiger partial charge in [-0.1, -0.05) is 29.8 Å². The molecule has 2 amide bonds. The van der Waals surface area contributed by atoms with E-state index in [4.69, 9.17) is 16.3 Å². The fraction of sp³-hybridized carbons (Fsp3) is 0.118. The van der Waals surface area contributed by atoms with Gasteiger partial charge in [0.15, 0.2) is 6.61 Å². The van der Waals surface area contributed by atoms with E-state index in [1.807, 2.05) is 0 Å². The molecule has 0 aliphatic carbocycles. The zero-order chi connectivity index (χ0) is 17.4. The van der Waals surface area contributed by atoms with E-state index in [0.717, 1.165) is 0 Å². The van der Waals surface area contributed by atoms with E-state index in [2.05, 4.69) is 10.6 Å². The number of rotatable bonds is 6. The summed E-state index contributed by atoms with van der Waals surface area (Å²) in [6, 6.07) is 15.0. The molecule has 0 fully saturated rings. The number of benzene rings is 2. The highest BCUT2D eigenvalue weighted by Gasteiger charge is 2.10. The quantitative estimate of drug-likeness (QED) is 0.786. The third kappa shape index (κ3) is 5.73. The van der Waals surface area contributed by atoms with Gasteiger partial charge in [0, 0.05) is 16.3 Å². The lowest BCUT2D eigenvalue weighted by Gasteiger charge is -2.07. The highest BCUT2D eigenvalue weighted by atomic mass is 35.5. The molecule has 0 spiro atoms. The normalized spacial score (nSPS) is 9.88. The van der Waals surface area contributed by atoms with Gasteiger partial charge in [-0.05, 0) is 36.4 Å². The van der Waals surface area contributed by atoms with Crippen LogP contribution in [-0.4, -0.2) is 30.9 Å². The first-order valence-electron chi connectivity index (χ1n) is 7.09. The van der Waals surface area contributed by atoms with Crippen LogP contribution < -0.4 is 10.6 Å². The first-order valence-corrected chi connectivity index (χ1v) is 7.46. The number of esters is 1. The molecular weight excluding hydrogens is 332 g/mol. The second kappa shape index (κ2) is 8.69. The summed E-state index contributed by atoms with van der Waals surface area (Å²) in [6.45, 7) is -0.759. The summed E-state index contributed by atoms with van der Waals surface area (Å²) in [6.07, 6.45) is 0. The molecule has 0 heterocycles. The van der Waals surface area contributed by atoms with Gasteiger partial charge in [-0.25, -0.2) is 0 Å². The minimum atomic E-state index is -0.703. The highest BCUT2D eigenvalue weighted by Crippen LogP contribution is 2.13. The molecule has 0 bridgehead atoms. The van der Waals surface area contributed by atoms with E-state index in [1.54, 1.807) is 54.6 Å². The predicted molar refractivity (Wildman–Crippen MR) is 89.8 cm³/mol. The topological polar surface area (TPSA) is 84.5 Å². The Bertz CT molecular complexity index is 717. The van der Waals surface area contributed by atoms with Crippen LogP contribution in [0.2, 0.25) is 5.02 Å². The molecule has 0 aliphatic rings. The summed E-state index contributed by atoms with van der Waals surface area (Å²) in [5.74, 6) is -1.58. The zero-order valence-electron chi connectivity index (χ0n) is 12.6. The Morgan fingerprint density at radius 3 is 2.29 bits per heavy atom. The maximum absolute atomic E-state index is 11.7. The standard InChI is InChI=1S/C17H15ClN2O4/c18-13-6-8-14(9-7-13)20-15(21)11-24-16(22)10-19-17(23)12-4-2-1-3-5-12/h1-9H,10-11H2,(H,19,23)(H,20,21). The molecule has 0 unspecified atom stereocenters. The Hall–Kier alpha value is -2.86. The first-order chi connectivity index (χ1) is 11.5. The van der Waals surface area contributed by atoms with Crippen molar-refractivity contribution >= 4 is 35.1 Å². The summed E-state index contributed by atoms with van der Waals surface area (Å²) < 4.78 is 4.79. The maximum Gasteiger partial charge on any atom is 0.325 e. The number of anilines is 1. The van der Waals surface area contributed by atoms with E-state index < -0.39 is 24.4 Å². The van der Waals surface area contributed by atoms with Gasteiger partial charge in [-0.2, -0.15) is 0 Å². The third-order valence-corrected chi connectivity index (χ3v) is 3.17. The Kier molecular flexibility index (Phi) is 6.33. The van der Waals surface area contributed by atoms with E-state index in [9.17, 15) is 14.4 Å². The van der Waals surface area contributed by atoms with Crippen molar-refractivity contribution < 1.29 is 19.1 Å². The lowest BCUT2D eigenvalue weighted by atomic mass is 10.2. The lowest BCUT2D eigenvalue weighted by Crippen LogP contribution is -2.32. The molecule has 0 radical (unpaired) electrons. The minimum absolute atomic E-state index is 0.318. The first kappa shape index (κ1) is 17.5. The number of nitrogens with one attached hydrogen (secondary N) is 2. The van der Waals surface area contributed by atoms with Crippen LogP contribution in [0.25, 0.3) is 0 Å².